The Bertz CT molecular complexity index is 504. The van der Waals surface area contributed by atoms with Crippen LogP contribution in [0.2, 0.25) is 0 Å². The first-order chi connectivity index (χ1) is 9.09. The van der Waals surface area contributed by atoms with Gasteiger partial charge >= 0.3 is 5.97 Å². The molecule has 0 aliphatic carbocycles. The van der Waals surface area contributed by atoms with Crippen LogP contribution in [0.4, 0.5) is 0 Å². The number of nitrogens with zero attached hydrogens (tertiary/aromatic N) is 1. The summed E-state index contributed by atoms with van der Waals surface area (Å²) in [6, 6.07) is 8.29. The van der Waals surface area contributed by atoms with Crippen molar-refractivity contribution in [1.29, 1.82) is 0 Å². The van der Waals surface area contributed by atoms with Crippen molar-refractivity contribution in [2.75, 3.05) is 11.6 Å². The number of hydrogen-bond acceptors (Lipinski definition) is 4. The van der Waals surface area contributed by atoms with E-state index in [1.807, 2.05) is 6.07 Å². The number of thiocarbonyl (C=S) groups is 1. The number of carbonyl (C=O) groups is 2. The highest BCUT2D eigenvalue weighted by atomic mass is 32.2. The van der Waals surface area contributed by atoms with Crippen LogP contribution in [0.5, 0.6) is 0 Å². The largest absolute Gasteiger partial charge is 0.480 e. The third-order valence-corrected chi connectivity index (χ3v) is 4.29. The molecule has 1 aromatic rings. The molecule has 1 heterocycles. The number of carboxylic acids is 1. The third kappa shape index (κ3) is 3.33. The molecule has 0 bridgehead atoms. The first-order valence-corrected chi connectivity index (χ1v) is 7.34. The van der Waals surface area contributed by atoms with E-state index in [2.05, 4.69) is 0 Å². The van der Waals surface area contributed by atoms with Crippen LogP contribution in [-0.2, 0) is 4.79 Å². The van der Waals surface area contributed by atoms with Crippen molar-refractivity contribution in [1.82, 2.24) is 4.90 Å². The fourth-order valence-corrected chi connectivity index (χ4v) is 3.45. The summed E-state index contributed by atoms with van der Waals surface area (Å²) in [6.07, 6.45) is 0.0870. The molecule has 0 radical (unpaired) electrons. The molecule has 2 rings (SSSR count). The minimum absolute atomic E-state index is 0.0772. The van der Waals surface area contributed by atoms with Crippen molar-refractivity contribution in [3.63, 3.8) is 0 Å². The predicted octanol–water partition coefficient (Wildman–Crippen LogP) is 2.05. The average molecular weight is 295 g/mol. The van der Waals surface area contributed by atoms with Gasteiger partial charge in [-0.1, -0.05) is 42.5 Å². The van der Waals surface area contributed by atoms with Crippen LogP contribution < -0.4 is 0 Å². The van der Waals surface area contributed by atoms with Gasteiger partial charge in [0.1, 0.15) is 6.04 Å². The van der Waals surface area contributed by atoms with Gasteiger partial charge in [0.05, 0.1) is 17.3 Å². The van der Waals surface area contributed by atoms with E-state index in [1.54, 1.807) is 29.2 Å². The Morgan fingerprint density at radius 1 is 1.37 bits per heavy atom. The van der Waals surface area contributed by atoms with Crippen LogP contribution in [0.1, 0.15) is 16.8 Å². The van der Waals surface area contributed by atoms with E-state index in [1.165, 1.54) is 11.8 Å². The normalized spacial score (nSPS) is 18.3. The van der Waals surface area contributed by atoms with Crippen LogP contribution >= 0.6 is 24.0 Å². The van der Waals surface area contributed by atoms with E-state index in [0.717, 1.165) is 0 Å². The number of carboxylic acid groups (broad SMARTS) is 1. The summed E-state index contributed by atoms with van der Waals surface area (Å²) >= 11 is 6.73. The monoisotopic (exact) mass is 295 g/mol. The predicted molar refractivity (Wildman–Crippen MR) is 78.6 cm³/mol. The van der Waals surface area contributed by atoms with Crippen molar-refractivity contribution in [3.05, 3.63) is 35.9 Å². The summed E-state index contributed by atoms with van der Waals surface area (Å²) in [5.74, 6) is 0.0820. The van der Waals surface area contributed by atoms with E-state index < -0.39 is 12.0 Å². The zero-order valence-electron chi connectivity index (χ0n) is 10.1. The number of hydrogen-bond donors (Lipinski definition) is 1. The molecule has 1 saturated heterocycles. The summed E-state index contributed by atoms with van der Waals surface area (Å²) in [7, 11) is 0. The second kappa shape index (κ2) is 6.16. The van der Waals surface area contributed by atoms with Gasteiger partial charge in [-0.05, 0) is 0 Å². The van der Waals surface area contributed by atoms with E-state index in [4.69, 9.17) is 17.3 Å². The first-order valence-electron chi connectivity index (χ1n) is 5.78. The zero-order valence-corrected chi connectivity index (χ0v) is 11.7. The molecule has 4 nitrogen and oxygen atoms in total. The lowest BCUT2D eigenvalue weighted by molar-refractivity contribution is -0.140. The number of thioether (sulfide) groups is 1. The van der Waals surface area contributed by atoms with Crippen LogP contribution in [0.25, 0.3) is 0 Å². The Morgan fingerprint density at radius 3 is 2.68 bits per heavy atom. The molecular formula is C13H13NO3S2. The Labute approximate surface area is 120 Å². The molecule has 0 spiro atoms. The maximum absolute atomic E-state index is 12.0. The fourth-order valence-electron chi connectivity index (χ4n) is 1.86. The highest BCUT2D eigenvalue weighted by molar-refractivity contribution is 7.99. The summed E-state index contributed by atoms with van der Waals surface area (Å²) in [5, 5.41) is 9.08. The molecule has 19 heavy (non-hydrogen) atoms. The maximum Gasteiger partial charge on any atom is 0.327 e. The summed E-state index contributed by atoms with van der Waals surface area (Å²) < 4.78 is 0. The van der Waals surface area contributed by atoms with Gasteiger partial charge in [0, 0.05) is 11.3 Å². The van der Waals surface area contributed by atoms with Gasteiger partial charge in [0.25, 0.3) is 0 Å². The molecule has 1 aliphatic heterocycles. The Kier molecular flexibility index (Phi) is 4.55. The summed E-state index contributed by atoms with van der Waals surface area (Å²) in [6.45, 7) is 0. The first kappa shape index (κ1) is 14.0. The molecule has 1 N–H and O–H groups in total. The minimum atomic E-state index is -0.889. The lowest BCUT2D eigenvalue weighted by Gasteiger charge is -2.22. The number of carbonyl (C=O) groups excluding carboxylic acids is 1. The maximum atomic E-state index is 12.0. The van der Waals surface area contributed by atoms with Crippen molar-refractivity contribution in [2.45, 2.75) is 12.5 Å². The van der Waals surface area contributed by atoms with Crippen molar-refractivity contribution >= 4 is 40.7 Å². The highest BCUT2D eigenvalue weighted by Crippen LogP contribution is 2.23. The average Bonchev–Trinajstić information content (AvgIpc) is 2.89. The van der Waals surface area contributed by atoms with Crippen molar-refractivity contribution < 1.29 is 14.7 Å². The van der Waals surface area contributed by atoms with Crippen molar-refractivity contribution in [3.8, 4) is 0 Å². The second-order valence-corrected chi connectivity index (χ2v) is 5.65. The summed E-state index contributed by atoms with van der Waals surface area (Å²) in [5.41, 5.74) is 0.601. The zero-order chi connectivity index (χ0) is 13.8. The second-order valence-electron chi connectivity index (χ2n) is 4.18. The number of ketones is 1. The molecule has 1 aromatic carbocycles. The number of rotatable bonds is 4. The Balaban J connectivity index is 2.01. The van der Waals surface area contributed by atoms with Gasteiger partial charge in [0.2, 0.25) is 0 Å². The minimum Gasteiger partial charge on any atom is -0.480 e. The molecule has 1 unspecified atom stereocenters. The lowest BCUT2D eigenvalue weighted by Crippen LogP contribution is -2.41. The molecule has 1 fully saturated rings. The SMILES string of the molecule is O=C(CC(=S)N1CSCC1C(=O)O)c1ccccc1. The van der Waals surface area contributed by atoms with Gasteiger partial charge in [0.15, 0.2) is 5.78 Å². The van der Waals surface area contributed by atoms with Crippen LogP contribution in [0, 0.1) is 0 Å². The van der Waals surface area contributed by atoms with Gasteiger partial charge in [-0.2, -0.15) is 0 Å². The molecule has 100 valence electrons. The van der Waals surface area contributed by atoms with Crippen LogP contribution in [0.3, 0.4) is 0 Å². The lowest BCUT2D eigenvalue weighted by atomic mass is 10.1. The van der Waals surface area contributed by atoms with Crippen LogP contribution in [-0.4, -0.2) is 44.4 Å². The molecule has 0 saturated carbocycles. The molecule has 1 aliphatic rings. The molecular weight excluding hydrogens is 282 g/mol. The van der Waals surface area contributed by atoms with E-state index in [9.17, 15) is 9.59 Å². The highest BCUT2D eigenvalue weighted by Gasteiger charge is 2.33. The van der Waals surface area contributed by atoms with Gasteiger partial charge in [-0.25, -0.2) is 4.79 Å². The standard InChI is InChI=1S/C13H13NO3S2/c15-11(9-4-2-1-3-5-9)6-12(18)14-8-19-7-10(14)13(16)17/h1-5,10H,6-8H2,(H,16,17). The Hall–Kier alpha value is -1.40. The van der Waals surface area contributed by atoms with E-state index in [-0.39, 0.29) is 12.2 Å². The van der Waals surface area contributed by atoms with Crippen LogP contribution in [0.15, 0.2) is 30.3 Å². The van der Waals surface area contributed by atoms with Gasteiger partial charge < -0.3 is 10.0 Å². The van der Waals surface area contributed by atoms with Gasteiger partial charge in [-0.15, -0.1) is 11.8 Å². The third-order valence-electron chi connectivity index (χ3n) is 2.90. The number of aliphatic carboxylic acids is 1. The molecule has 0 amide bonds. The Morgan fingerprint density at radius 2 is 2.05 bits per heavy atom. The van der Waals surface area contributed by atoms with Crippen molar-refractivity contribution in [2.24, 2.45) is 0 Å². The number of benzene rings is 1. The quantitative estimate of drug-likeness (QED) is 0.678. The number of Topliss-reactive ketones (excluding diaryl/α,β-unsaturated/α-hetero) is 1. The molecule has 1 atom stereocenters. The fraction of sp³-hybridized carbons (Fsp3) is 0.308. The van der Waals surface area contributed by atoms with Gasteiger partial charge in [-0.3, -0.25) is 4.79 Å². The van der Waals surface area contributed by atoms with E-state index in [0.29, 0.717) is 22.2 Å². The topological polar surface area (TPSA) is 57.6 Å². The molecule has 6 heteroatoms. The molecule has 0 aromatic heterocycles. The summed E-state index contributed by atoms with van der Waals surface area (Å²) in [4.78, 5) is 25.1. The van der Waals surface area contributed by atoms with E-state index >= 15 is 0 Å². The smallest absolute Gasteiger partial charge is 0.327 e.